The minimum atomic E-state index is -0.188. The number of rotatable bonds is 4. The summed E-state index contributed by atoms with van der Waals surface area (Å²) < 4.78 is 13.2. The van der Waals surface area contributed by atoms with Crippen LogP contribution in [0.15, 0.2) is 28.7 Å². The maximum absolute atomic E-state index is 12.1. The molecule has 3 heteroatoms. The third kappa shape index (κ3) is 3.78. The molecule has 1 aliphatic heterocycles. The smallest absolute Gasteiger partial charge is 0.0906 e. The first-order valence-electron chi connectivity index (χ1n) is 6.33. The standard InChI is InChI=1S/C14H19BrFN/c15-14-4-2-12(3-5-14)13-6-10-17(11-7-13)9-1-8-16/h2-5,13H,1,6-11H2. The lowest BCUT2D eigenvalue weighted by Crippen LogP contribution is -2.33. The van der Waals surface area contributed by atoms with Gasteiger partial charge in [-0.25, -0.2) is 0 Å². The molecule has 0 unspecified atom stereocenters. The van der Waals surface area contributed by atoms with Crippen LogP contribution in [-0.2, 0) is 0 Å². The van der Waals surface area contributed by atoms with E-state index < -0.39 is 0 Å². The van der Waals surface area contributed by atoms with Gasteiger partial charge in [-0.2, -0.15) is 0 Å². The second-order valence-electron chi connectivity index (χ2n) is 4.71. The second kappa shape index (κ2) is 6.50. The van der Waals surface area contributed by atoms with E-state index in [0.29, 0.717) is 12.3 Å². The van der Waals surface area contributed by atoms with Crippen LogP contribution in [0.25, 0.3) is 0 Å². The highest BCUT2D eigenvalue weighted by atomic mass is 79.9. The van der Waals surface area contributed by atoms with Crippen molar-refractivity contribution in [3.63, 3.8) is 0 Å². The van der Waals surface area contributed by atoms with Crippen LogP contribution in [0.4, 0.5) is 4.39 Å². The topological polar surface area (TPSA) is 3.24 Å². The fourth-order valence-corrected chi connectivity index (χ4v) is 2.77. The van der Waals surface area contributed by atoms with Gasteiger partial charge in [0.1, 0.15) is 0 Å². The molecule has 0 radical (unpaired) electrons. The van der Waals surface area contributed by atoms with Crippen LogP contribution in [0.2, 0.25) is 0 Å². The molecular weight excluding hydrogens is 281 g/mol. The fraction of sp³-hybridized carbons (Fsp3) is 0.571. The van der Waals surface area contributed by atoms with Crippen molar-refractivity contribution in [2.45, 2.75) is 25.2 Å². The number of piperidine rings is 1. The van der Waals surface area contributed by atoms with Crippen LogP contribution in [0.3, 0.4) is 0 Å². The van der Waals surface area contributed by atoms with Gasteiger partial charge in [-0.1, -0.05) is 28.1 Å². The Kier molecular flexibility index (Phi) is 4.99. The maximum Gasteiger partial charge on any atom is 0.0906 e. The van der Waals surface area contributed by atoms with Crippen LogP contribution < -0.4 is 0 Å². The monoisotopic (exact) mass is 299 g/mol. The van der Waals surface area contributed by atoms with Crippen LogP contribution in [-0.4, -0.2) is 31.2 Å². The van der Waals surface area contributed by atoms with Crippen molar-refractivity contribution in [1.82, 2.24) is 4.90 Å². The van der Waals surface area contributed by atoms with Crippen molar-refractivity contribution in [3.8, 4) is 0 Å². The Morgan fingerprint density at radius 1 is 1.18 bits per heavy atom. The molecule has 17 heavy (non-hydrogen) atoms. The number of halogens is 2. The average molecular weight is 300 g/mol. The highest BCUT2D eigenvalue weighted by Gasteiger charge is 2.19. The van der Waals surface area contributed by atoms with E-state index in [1.807, 2.05) is 0 Å². The molecule has 0 spiro atoms. The SMILES string of the molecule is FCCCN1CCC(c2ccc(Br)cc2)CC1. The zero-order valence-electron chi connectivity index (χ0n) is 10.0. The van der Waals surface area contributed by atoms with E-state index >= 15 is 0 Å². The van der Waals surface area contributed by atoms with Gasteiger partial charge in [0.05, 0.1) is 6.67 Å². The molecule has 2 rings (SSSR count). The van der Waals surface area contributed by atoms with Crippen LogP contribution >= 0.6 is 15.9 Å². The van der Waals surface area contributed by atoms with Crippen molar-refractivity contribution < 1.29 is 4.39 Å². The van der Waals surface area contributed by atoms with E-state index in [-0.39, 0.29) is 6.67 Å². The number of benzene rings is 1. The van der Waals surface area contributed by atoms with E-state index in [0.717, 1.165) is 24.1 Å². The van der Waals surface area contributed by atoms with Gasteiger partial charge >= 0.3 is 0 Å². The summed E-state index contributed by atoms with van der Waals surface area (Å²) in [6, 6.07) is 8.66. The predicted octanol–water partition coefficient (Wildman–Crippen LogP) is 3.99. The fourth-order valence-electron chi connectivity index (χ4n) is 2.51. The molecule has 1 heterocycles. The summed E-state index contributed by atoms with van der Waals surface area (Å²) in [6.45, 7) is 2.96. The third-order valence-corrected chi connectivity index (χ3v) is 4.07. The summed E-state index contributed by atoms with van der Waals surface area (Å²) in [5, 5.41) is 0. The Labute approximate surface area is 111 Å². The van der Waals surface area contributed by atoms with Gasteiger partial charge in [0.2, 0.25) is 0 Å². The summed E-state index contributed by atoms with van der Waals surface area (Å²) in [7, 11) is 0. The molecule has 1 nitrogen and oxygen atoms in total. The molecule has 0 N–H and O–H groups in total. The Morgan fingerprint density at radius 3 is 2.41 bits per heavy atom. The molecule has 0 bridgehead atoms. The molecule has 0 aliphatic carbocycles. The highest BCUT2D eigenvalue weighted by Crippen LogP contribution is 2.28. The van der Waals surface area contributed by atoms with Crippen LogP contribution in [0.5, 0.6) is 0 Å². The second-order valence-corrected chi connectivity index (χ2v) is 5.63. The lowest BCUT2D eigenvalue weighted by molar-refractivity contribution is 0.204. The van der Waals surface area contributed by atoms with Gasteiger partial charge in [0, 0.05) is 11.0 Å². The van der Waals surface area contributed by atoms with Gasteiger partial charge in [-0.15, -0.1) is 0 Å². The van der Waals surface area contributed by atoms with Crippen molar-refractivity contribution >= 4 is 15.9 Å². The average Bonchev–Trinajstić information content (AvgIpc) is 2.38. The Bertz CT molecular complexity index is 331. The summed E-state index contributed by atoms with van der Waals surface area (Å²) in [6.07, 6.45) is 3.09. The molecule has 1 saturated heterocycles. The van der Waals surface area contributed by atoms with Gasteiger partial charge in [0.15, 0.2) is 0 Å². The molecule has 1 aromatic rings. The number of likely N-dealkylation sites (tertiary alicyclic amines) is 1. The van der Waals surface area contributed by atoms with Crippen molar-refractivity contribution in [2.24, 2.45) is 0 Å². The van der Waals surface area contributed by atoms with Gasteiger partial charge in [-0.05, 0) is 56.0 Å². The first-order valence-corrected chi connectivity index (χ1v) is 7.12. The van der Waals surface area contributed by atoms with E-state index in [1.54, 1.807) is 0 Å². The van der Waals surface area contributed by atoms with Gasteiger partial charge in [0.25, 0.3) is 0 Å². The summed E-state index contributed by atoms with van der Waals surface area (Å²) >= 11 is 3.46. The number of hydrogen-bond donors (Lipinski definition) is 0. The highest BCUT2D eigenvalue weighted by molar-refractivity contribution is 9.10. The Hall–Kier alpha value is -0.410. The minimum absolute atomic E-state index is 0.188. The molecule has 0 atom stereocenters. The van der Waals surface area contributed by atoms with Crippen molar-refractivity contribution in [1.29, 1.82) is 0 Å². The summed E-state index contributed by atoms with van der Waals surface area (Å²) in [5.74, 6) is 0.685. The van der Waals surface area contributed by atoms with Crippen molar-refractivity contribution in [2.75, 3.05) is 26.3 Å². The van der Waals surface area contributed by atoms with Crippen LogP contribution in [0.1, 0.15) is 30.7 Å². The minimum Gasteiger partial charge on any atom is -0.303 e. The zero-order chi connectivity index (χ0) is 12.1. The first-order chi connectivity index (χ1) is 8.29. The molecule has 0 saturated carbocycles. The third-order valence-electron chi connectivity index (χ3n) is 3.54. The number of hydrogen-bond acceptors (Lipinski definition) is 1. The van der Waals surface area contributed by atoms with Gasteiger partial charge < -0.3 is 4.90 Å². The maximum atomic E-state index is 12.1. The Balaban J connectivity index is 1.84. The number of alkyl halides is 1. The molecule has 1 fully saturated rings. The molecule has 1 aliphatic rings. The normalized spacial score (nSPS) is 18.5. The number of nitrogens with zero attached hydrogens (tertiary/aromatic N) is 1. The zero-order valence-corrected chi connectivity index (χ0v) is 11.6. The molecule has 94 valence electrons. The quantitative estimate of drug-likeness (QED) is 0.812. The van der Waals surface area contributed by atoms with E-state index in [4.69, 9.17) is 0 Å². The van der Waals surface area contributed by atoms with Crippen molar-refractivity contribution in [3.05, 3.63) is 34.3 Å². The lowest BCUT2D eigenvalue weighted by atomic mass is 9.89. The Morgan fingerprint density at radius 2 is 1.82 bits per heavy atom. The summed E-state index contributed by atoms with van der Waals surface area (Å²) in [4.78, 5) is 2.38. The van der Waals surface area contributed by atoms with E-state index in [1.165, 1.54) is 18.4 Å². The van der Waals surface area contributed by atoms with E-state index in [9.17, 15) is 4.39 Å². The van der Waals surface area contributed by atoms with E-state index in [2.05, 4.69) is 45.1 Å². The first kappa shape index (κ1) is 13.0. The molecule has 1 aromatic carbocycles. The predicted molar refractivity (Wildman–Crippen MR) is 73.1 cm³/mol. The summed E-state index contributed by atoms with van der Waals surface area (Å²) in [5.41, 5.74) is 1.44. The molecule has 0 amide bonds. The van der Waals surface area contributed by atoms with Crippen LogP contribution in [0, 0.1) is 0 Å². The lowest BCUT2D eigenvalue weighted by Gasteiger charge is -2.32. The molecular formula is C14H19BrFN. The molecule has 0 aromatic heterocycles. The van der Waals surface area contributed by atoms with Gasteiger partial charge in [-0.3, -0.25) is 4.39 Å². The largest absolute Gasteiger partial charge is 0.303 e.